The van der Waals surface area contributed by atoms with Gasteiger partial charge in [-0.3, -0.25) is 0 Å². The van der Waals surface area contributed by atoms with Crippen molar-refractivity contribution in [3.05, 3.63) is 36.5 Å². The van der Waals surface area contributed by atoms with Gasteiger partial charge in [0.1, 0.15) is 5.54 Å². The molecule has 0 aliphatic heterocycles. The van der Waals surface area contributed by atoms with Crippen LogP contribution in [0.1, 0.15) is 25.7 Å². The molecule has 2 nitrogen and oxygen atoms in total. The summed E-state index contributed by atoms with van der Waals surface area (Å²) >= 11 is 0. The maximum absolute atomic E-state index is 9.48. The van der Waals surface area contributed by atoms with Crippen LogP contribution < -0.4 is 0 Å². The molecule has 0 N–H and O–H groups in total. The molecule has 1 fully saturated rings. The van der Waals surface area contributed by atoms with E-state index >= 15 is 0 Å². The van der Waals surface area contributed by atoms with E-state index in [1.54, 1.807) is 0 Å². The van der Waals surface area contributed by atoms with Crippen LogP contribution in [-0.2, 0) is 5.54 Å². The summed E-state index contributed by atoms with van der Waals surface area (Å²) in [4.78, 5) is 0. The van der Waals surface area contributed by atoms with Crippen LogP contribution in [0.2, 0.25) is 0 Å². The summed E-state index contributed by atoms with van der Waals surface area (Å²) in [6.45, 7) is 0. The van der Waals surface area contributed by atoms with Crippen LogP contribution >= 0.6 is 0 Å². The van der Waals surface area contributed by atoms with Crippen LogP contribution in [0.5, 0.6) is 0 Å². The van der Waals surface area contributed by atoms with E-state index in [1.807, 2.05) is 12.1 Å². The highest BCUT2D eigenvalue weighted by molar-refractivity contribution is 5.80. The second-order valence-electron chi connectivity index (χ2n) is 4.60. The topological polar surface area (TPSA) is 28.7 Å². The first kappa shape index (κ1) is 9.47. The lowest BCUT2D eigenvalue weighted by Gasteiger charge is -2.23. The zero-order valence-corrected chi connectivity index (χ0v) is 9.19. The summed E-state index contributed by atoms with van der Waals surface area (Å²) in [5.74, 6) is 0. The van der Waals surface area contributed by atoms with Gasteiger partial charge in [-0.2, -0.15) is 5.26 Å². The second kappa shape index (κ2) is 3.38. The maximum atomic E-state index is 9.48. The quantitative estimate of drug-likeness (QED) is 0.708. The van der Waals surface area contributed by atoms with Crippen molar-refractivity contribution in [3.63, 3.8) is 0 Å². The smallest absolute Gasteiger partial charge is 0.131 e. The van der Waals surface area contributed by atoms with E-state index in [4.69, 9.17) is 0 Å². The van der Waals surface area contributed by atoms with Crippen LogP contribution in [-0.4, -0.2) is 4.57 Å². The van der Waals surface area contributed by atoms with Gasteiger partial charge in [0.2, 0.25) is 0 Å². The lowest BCUT2D eigenvalue weighted by Crippen LogP contribution is -2.27. The molecule has 1 aliphatic rings. The zero-order chi connectivity index (χ0) is 11.0. The fourth-order valence-corrected chi connectivity index (χ4v) is 2.82. The maximum Gasteiger partial charge on any atom is 0.131 e. The monoisotopic (exact) mass is 210 g/mol. The molecule has 3 rings (SSSR count). The van der Waals surface area contributed by atoms with Gasteiger partial charge in [0.05, 0.1) is 6.07 Å². The molecule has 0 bridgehead atoms. The first-order valence-corrected chi connectivity index (χ1v) is 5.84. The molecule has 1 aromatic heterocycles. The first-order chi connectivity index (χ1) is 7.86. The minimum absolute atomic E-state index is 0.289. The lowest BCUT2D eigenvalue weighted by molar-refractivity contribution is 0.408. The summed E-state index contributed by atoms with van der Waals surface area (Å²) in [6.07, 6.45) is 6.38. The third-order valence-electron chi connectivity index (χ3n) is 3.70. The van der Waals surface area contributed by atoms with Gasteiger partial charge in [-0.1, -0.05) is 18.2 Å². The van der Waals surface area contributed by atoms with Crippen molar-refractivity contribution in [1.82, 2.24) is 4.57 Å². The van der Waals surface area contributed by atoms with E-state index in [0.29, 0.717) is 0 Å². The summed E-state index contributed by atoms with van der Waals surface area (Å²) < 4.78 is 2.18. The van der Waals surface area contributed by atoms with Crippen molar-refractivity contribution in [1.29, 1.82) is 5.26 Å². The average molecular weight is 210 g/mol. The van der Waals surface area contributed by atoms with Crippen molar-refractivity contribution in [2.24, 2.45) is 0 Å². The van der Waals surface area contributed by atoms with E-state index in [0.717, 1.165) is 12.8 Å². The van der Waals surface area contributed by atoms with Crippen molar-refractivity contribution in [2.75, 3.05) is 0 Å². The Morgan fingerprint density at radius 2 is 1.88 bits per heavy atom. The van der Waals surface area contributed by atoms with Gasteiger partial charge in [0, 0.05) is 11.7 Å². The first-order valence-electron chi connectivity index (χ1n) is 5.84. The Hall–Kier alpha value is -1.75. The number of para-hydroxylation sites is 1. The summed E-state index contributed by atoms with van der Waals surface area (Å²) in [5.41, 5.74) is 0.897. The Kier molecular flexibility index (Phi) is 2.00. The van der Waals surface area contributed by atoms with Crippen molar-refractivity contribution in [3.8, 4) is 6.07 Å². The zero-order valence-electron chi connectivity index (χ0n) is 9.19. The van der Waals surface area contributed by atoms with Gasteiger partial charge in [-0.05, 0) is 43.2 Å². The van der Waals surface area contributed by atoms with Crippen LogP contribution in [0.3, 0.4) is 0 Å². The molecule has 0 spiro atoms. The molecule has 80 valence electrons. The van der Waals surface area contributed by atoms with Gasteiger partial charge in [0.25, 0.3) is 0 Å². The van der Waals surface area contributed by atoms with E-state index in [9.17, 15) is 5.26 Å². The molecule has 2 aromatic rings. The number of rotatable bonds is 1. The van der Waals surface area contributed by atoms with E-state index < -0.39 is 0 Å². The van der Waals surface area contributed by atoms with Crippen LogP contribution in [0.4, 0.5) is 0 Å². The van der Waals surface area contributed by atoms with Gasteiger partial charge < -0.3 is 4.57 Å². The van der Waals surface area contributed by atoms with E-state index in [-0.39, 0.29) is 5.54 Å². The molecular formula is C14H14N2. The molecule has 0 unspecified atom stereocenters. The van der Waals surface area contributed by atoms with E-state index in [1.165, 1.54) is 23.7 Å². The number of benzene rings is 1. The number of hydrogen-bond donors (Lipinski definition) is 0. The minimum atomic E-state index is -0.289. The number of nitrogens with zero attached hydrogens (tertiary/aromatic N) is 2. The molecule has 0 amide bonds. The minimum Gasteiger partial charge on any atom is -0.328 e. The number of fused-ring (bicyclic) bond motifs is 1. The molecule has 1 saturated carbocycles. The molecule has 1 aromatic carbocycles. The Morgan fingerprint density at radius 3 is 2.62 bits per heavy atom. The van der Waals surface area contributed by atoms with Crippen molar-refractivity contribution in [2.45, 2.75) is 31.2 Å². The normalized spacial score (nSPS) is 18.7. The fourth-order valence-electron chi connectivity index (χ4n) is 2.82. The third-order valence-corrected chi connectivity index (χ3v) is 3.70. The van der Waals surface area contributed by atoms with Gasteiger partial charge in [-0.15, -0.1) is 0 Å². The summed E-state index contributed by atoms with van der Waals surface area (Å²) in [6, 6.07) is 12.9. The van der Waals surface area contributed by atoms with Crippen molar-refractivity contribution < 1.29 is 0 Å². The molecule has 16 heavy (non-hydrogen) atoms. The van der Waals surface area contributed by atoms with Gasteiger partial charge >= 0.3 is 0 Å². The number of aromatic nitrogens is 1. The Labute approximate surface area is 95.1 Å². The molecule has 1 aliphatic carbocycles. The standard InChI is InChI=1S/C14H14N2/c15-11-14(8-3-4-9-14)16-10-7-12-5-1-2-6-13(12)16/h1-2,5-7,10H,3-4,8-9H2. The molecular weight excluding hydrogens is 196 g/mol. The Balaban J connectivity index is 2.22. The molecule has 2 heteroatoms. The highest BCUT2D eigenvalue weighted by Gasteiger charge is 2.36. The molecule has 0 radical (unpaired) electrons. The lowest BCUT2D eigenvalue weighted by atomic mass is 9.99. The highest BCUT2D eigenvalue weighted by Crippen LogP contribution is 2.38. The van der Waals surface area contributed by atoms with Gasteiger partial charge in [0.15, 0.2) is 0 Å². The summed E-state index contributed by atoms with van der Waals surface area (Å²) in [5, 5.41) is 10.7. The fraction of sp³-hybridized carbons (Fsp3) is 0.357. The Morgan fingerprint density at radius 1 is 1.12 bits per heavy atom. The van der Waals surface area contributed by atoms with Crippen LogP contribution in [0.15, 0.2) is 36.5 Å². The molecule has 0 atom stereocenters. The van der Waals surface area contributed by atoms with Crippen molar-refractivity contribution >= 4 is 10.9 Å². The number of hydrogen-bond acceptors (Lipinski definition) is 1. The SMILES string of the molecule is N#CC1(n2ccc3ccccc32)CCCC1. The van der Waals surface area contributed by atoms with Gasteiger partial charge in [-0.25, -0.2) is 0 Å². The third kappa shape index (κ3) is 1.18. The second-order valence-corrected chi connectivity index (χ2v) is 4.60. The molecule has 0 saturated heterocycles. The highest BCUT2D eigenvalue weighted by atomic mass is 15.1. The molecule has 1 heterocycles. The largest absolute Gasteiger partial charge is 0.328 e. The summed E-state index contributed by atoms with van der Waals surface area (Å²) in [7, 11) is 0. The predicted molar refractivity (Wildman–Crippen MR) is 64.0 cm³/mol. The number of nitriles is 1. The van der Waals surface area contributed by atoms with Crippen LogP contribution in [0.25, 0.3) is 10.9 Å². The van der Waals surface area contributed by atoms with E-state index in [2.05, 4.69) is 35.0 Å². The average Bonchev–Trinajstić information content (AvgIpc) is 2.96. The predicted octanol–water partition coefficient (Wildman–Crippen LogP) is 3.43. The van der Waals surface area contributed by atoms with Crippen LogP contribution in [0, 0.1) is 11.3 Å². The Bertz CT molecular complexity index is 553.